The van der Waals surface area contributed by atoms with Crippen molar-refractivity contribution in [2.75, 3.05) is 7.11 Å². The third-order valence-electron chi connectivity index (χ3n) is 4.60. The zero-order valence-electron chi connectivity index (χ0n) is 17.5. The molecule has 6 nitrogen and oxygen atoms in total. The van der Waals surface area contributed by atoms with Gasteiger partial charge in [-0.2, -0.15) is 5.01 Å². The number of hydrogen-bond acceptors (Lipinski definition) is 7. The van der Waals surface area contributed by atoms with E-state index in [-0.39, 0.29) is 10.2 Å². The highest BCUT2D eigenvalue weighted by Gasteiger charge is 2.34. The summed E-state index contributed by atoms with van der Waals surface area (Å²) in [7, 11) is 1.56. The number of carbonyl (C=O) groups excluding carboxylic acids is 2. The number of thioether (sulfide) groups is 1. The lowest BCUT2D eigenvalue weighted by Gasteiger charge is -2.15. The van der Waals surface area contributed by atoms with Crippen molar-refractivity contribution in [3.05, 3.63) is 83.4 Å². The van der Waals surface area contributed by atoms with Gasteiger partial charge in [-0.3, -0.25) is 15.0 Å². The number of ether oxygens (including phenoxy) is 2. The summed E-state index contributed by atoms with van der Waals surface area (Å²) in [5.41, 5.74) is 4.29. The molecule has 1 fully saturated rings. The Kier molecular flexibility index (Phi) is 8.14. The van der Waals surface area contributed by atoms with Crippen LogP contribution in [-0.2, 0) is 11.4 Å². The minimum absolute atomic E-state index is 0.255. The highest BCUT2D eigenvalue weighted by atomic mass is 127. The number of nitrogens with one attached hydrogen (secondary N) is 1. The molecule has 3 aromatic rings. The molecule has 2 amide bonds. The lowest BCUT2D eigenvalue weighted by atomic mass is 10.2. The van der Waals surface area contributed by atoms with Crippen LogP contribution in [0.25, 0.3) is 6.08 Å². The molecule has 1 aliphatic heterocycles. The van der Waals surface area contributed by atoms with Gasteiger partial charge in [0, 0.05) is 5.02 Å². The van der Waals surface area contributed by atoms with Crippen LogP contribution in [0.5, 0.6) is 11.5 Å². The van der Waals surface area contributed by atoms with Crippen LogP contribution in [0.15, 0.2) is 58.8 Å². The van der Waals surface area contributed by atoms with E-state index in [1.165, 1.54) is 11.3 Å². The number of thiophene rings is 1. The van der Waals surface area contributed by atoms with Gasteiger partial charge in [-0.1, -0.05) is 41.6 Å². The minimum Gasteiger partial charge on any atom is -0.493 e. The number of thiocarbonyl (C=S) groups is 1. The van der Waals surface area contributed by atoms with Crippen molar-refractivity contribution < 1.29 is 19.1 Å². The molecule has 1 saturated heterocycles. The molecule has 2 heterocycles. The molecule has 2 aromatic carbocycles. The number of carbonyl (C=O) groups is 2. The molecule has 0 spiro atoms. The lowest BCUT2D eigenvalue weighted by molar-refractivity contribution is -0.123. The molecule has 1 aliphatic rings. The monoisotopic (exact) mass is 642 g/mol. The van der Waals surface area contributed by atoms with Crippen molar-refractivity contribution in [3.63, 3.8) is 0 Å². The second-order valence-electron chi connectivity index (χ2n) is 6.88. The molecule has 1 N–H and O–H groups in total. The van der Waals surface area contributed by atoms with Crippen molar-refractivity contribution >= 4 is 91.7 Å². The second kappa shape index (κ2) is 11.1. The summed E-state index contributed by atoms with van der Waals surface area (Å²) in [4.78, 5) is 26.1. The molecule has 0 aliphatic carbocycles. The summed E-state index contributed by atoms with van der Waals surface area (Å²) in [5, 5.41) is 3.55. The number of halogens is 2. The van der Waals surface area contributed by atoms with E-state index < -0.39 is 5.91 Å². The molecule has 11 heteroatoms. The smallest absolute Gasteiger partial charge is 0.285 e. The molecule has 0 bridgehead atoms. The average Bonchev–Trinajstić information content (AvgIpc) is 3.44. The summed E-state index contributed by atoms with van der Waals surface area (Å²) >= 11 is 15.8. The van der Waals surface area contributed by atoms with E-state index in [0.29, 0.717) is 32.9 Å². The van der Waals surface area contributed by atoms with Crippen molar-refractivity contribution in [2.24, 2.45) is 0 Å². The highest BCUT2D eigenvalue weighted by Crippen LogP contribution is 2.37. The third kappa shape index (κ3) is 5.74. The van der Waals surface area contributed by atoms with Gasteiger partial charge in [0.25, 0.3) is 11.8 Å². The predicted octanol–water partition coefficient (Wildman–Crippen LogP) is 6.14. The molecule has 0 atom stereocenters. The Hall–Kier alpha value is -2.12. The number of benzene rings is 2. The van der Waals surface area contributed by atoms with Crippen LogP contribution in [0, 0.1) is 3.57 Å². The topological polar surface area (TPSA) is 67.9 Å². The van der Waals surface area contributed by atoms with Crippen molar-refractivity contribution in [2.45, 2.75) is 6.61 Å². The van der Waals surface area contributed by atoms with Crippen LogP contribution in [0.3, 0.4) is 0 Å². The summed E-state index contributed by atoms with van der Waals surface area (Å²) in [6.45, 7) is 0.353. The van der Waals surface area contributed by atoms with E-state index in [9.17, 15) is 9.59 Å². The Morgan fingerprint density at radius 2 is 2.03 bits per heavy atom. The van der Waals surface area contributed by atoms with Crippen LogP contribution in [0.1, 0.15) is 20.8 Å². The minimum atomic E-state index is -0.392. The van der Waals surface area contributed by atoms with Gasteiger partial charge < -0.3 is 9.47 Å². The van der Waals surface area contributed by atoms with Crippen molar-refractivity contribution in [1.29, 1.82) is 0 Å². The maximum atomic E-state index is 12.9. The molecule has 34 heavy (non-hydrogen) atoms. The highest BCUT2D eigenvalue weighted by molar-refractivity contribution is 14.1. The quantitative estimate of drug-likeness (QED) is 0.190. The molecule has 4 rings (SSSR count). The largest absolute Gasteiger partial charge is 0.493 e. The van der Waals surface area contributed by atoms with Crippen molar-refractivity contribution in [3.8, 4) is 11.5 Å². The molecular formula is C23H16ClIN2O4S3. The normalized spacial score (nSPS) is 14.6. The number of hydrazine groups is 1. The fraction of sp³-hybridized carbons (Fsp3) is 0.0870. The number of methoxy groups -OCH3 is 1. The molecule has 174 valence electrons. The van der Waals surface area contributed by atoms with E-state index in [0.717, 1.165) is 31.5 Å². The first-order valence-corrected chi connectivity index (χ1v) is 13.3. The van der Waals surface area contributed by atoms with E-state index in [2.05, 4.69) is 28.0 Å². The molecule has 0 radical (unpaired) electrons. The molecule has 1 aromatic heterocycles. The van der Waals surface area contributed by atoms with E-state index >= 15 is 0 Å². The summed E-state index contributed by atoms with van der Waals surface area (Å²) < 4.78 is 12.6. The van der Waals surface area contributed by atoms with Crippen molar-refractivity contribution in [1.82, 2.24) is 10.4 Å². The summed E-state index contributed by atoms with van der Waals surface area (Å²) in [6.07, 6.45) is 1.71. The lowest BCUT2D eigenvalue weighted by Crippen LogP contribution is -2.44. The zero-order valence-corrected chi connectivity index (χ0v) is 22.9. The van der Waals surface area contributed by atoms with Crippen LogP contribution < -0.4 is 14.9 Å². The first kappa shape index (κ1) is 25.0. The molecular weight excluding hydrogens is 627 g/mol. The van der Waals surface area contributed by atoms with Gasteiger partial charge in [-0.15, -0.1) is 11.3 Å². The fourth-order valence-electron chi connectivity index (χ4n) is 2.98. The standard InChI is InChI=1S/C23H16ClIN2O4S3/c1-30-17-10-14(9-16(25)20(17)31-12-13-4-6-15(24)7-5-13)11-19-22(29)27(23(32)34-19)26-21(28)18-3-2-8-33-18/h2-11H,12H2,1H3,(H,26,28)/b19-11+. The van der Waals surface area contributed by atoms with Gasteiger partial charge in [0.2, 0.25) is 0 Å². The maximum Gasteiger partial charge on any atom is 0.285 e. The predicted molar refractivity (Wildman–Crippen MR) is 148 cm³/mol. The van der Waals surface area contributed by atoms with Crippen LogP contribution in [-0.4, -0.2) is 28.3 Å². The van der Waals surface area contributed by atoms with Gasteiger partial charge in [-0.05, 0) is 87.7 Å². The maximum absolute atomic E-state index is 12.9. The summed E-state index contributed by atoms with van der Waals surface area (Å²) in [6, 6.07) is 14.5. The van der Waals surface area contributed by atoms with Gasteiger partial charge in [0.1, 0.15) is 6.61 Å². The number of hydrogen-bond donors (Lipinski definition) is 1. The van der Waals surface area contributed by atoms with E-state index in [4.69, 9.17) is 33.3 Å². The van der Waals surface area contributed by atoms with Gasteiger partial charge in [0.15, 0.2) is 15.8 Å². The van der Waals surface area contributed by atoms with E-state index in [1.807, 2.05) is 30.3 Å². The Labute approximate surface area is 228 Å². The number of rotatable bonds is 7. The van der Waals surface area contributed by atoms with Gasteiger partial charge in [0.05, 0.1) is 20.5 Å². The molecule has 0 unspecified atom stereocenters. The Morgan fingerprint density at radius 3 is 2.71 bits per heavy atom. The number of amides is 2. The van der Waals surface area contributed by atoms with Gasteiger partial charge >= 0.3 is 0 Å². The number of nitrogens with zero attached hydrogens (tertiary/aromatic N) is 1. The Balaban J connectivity index is 1.51. The Bertz CT molecular complexity index is 1280. The average molecular weight is 643 g/mol. The van der Waals surface area contributed by atoms with Crippen LogP contribution >= 0.6 is 69.5 Å². The van der Waals surface area contributed by atoms with Crippen LogP contribution in [0.2, 0.25) is 5.02 Å². The first-order valence-electron chi connectivity index (χ1n) is 9.73. The second-order valence-corrected chi connectivity index (χ2v) is 11.1. The molecule has 0 saturated carbocycles. The SMILES string of the molecule is COc1cc(/C=C2/SC(=S)N(NC(=O)c3cccs3)C2=O)cc(I)c1OCc1ccc(Cl)cc1. The van der Waals surface area contributed by atoms with Crippen LogP contribution in [0.4, 0.5) is 0 Å². The van der Waals surface area contributed by atoms with Gasteiger partial charge in [-0.25, -0.2) is 0 Å². The Morgan fingerprint density at radius 1 is 1.26 bits per heavy atom. The fourth-order valence-corrected chi connectivity index (χ4v) is 5.68. The van der Waals surface area contributed by atoms with E-state index in [1.54, 1.807) is 36.8 Å². The zero-order chi connectivity index (χ0) is 24.2. The first-order chi connectivity index (χ1) is 16.4. The summed E-state index contributed by atoms with van der Waals surface area (Å²) in [5.74, 6) is 0.363. The third-order valence-corrected chi connectivity index (χ3v) is 7.82.